The highest BCUT2D eigenvalue weighted by Crippen LogP contribution is 2.06. The molecule has 0 aromatic carbocycles. The van der Waals surface area contributed by atoms with E-state index in [4.69, 9.17) is 4.74 Å². The van der Waals surface area contributed by atoms with Crippen LogP contribution in [0.3, 0.4) is 0 Å². The van der Waals surface area contributed by atoms with Crippen molar-refractivity contribution < 1.29 is 4.74 Å². The van der Waals surface area contributed by atoms with E-state index in [0.717, 1.165) is 12.6 Å². The van der Waals surface area contributed by atoms with Gasteiger partial charge in [-0.1, -0.05) is 0 Å². The first kappa shape index (κ1) is 7.82. The summed E-state index contributed by atoms with van der Waals surface area (Å²) in [5, 5.41) is 0. The average Bonchev–Trinajstić information content (AvgIpc) is 1.68. The zero-order chi connectivity index (χ0) is 5.70. The first-order chi connectivity index (χ1) is 3.31. The number of ether oxygens (including phenoxy) is 1. The summed E-state index contributed by atoms with van der Waals surface area (Å²) in [6, 6.07) is 0. The van der Waals surface area contributed by atoms with Gasteiger partial charge in [0, 0.05) is 7.11 Å². The van der Waals surface area contributed by atoms with E-state index in [0.29, 0.717) is 5.85 Å². The second-order valence-electron chi connectivity index (χ2n) is 1.35. The molecule has 0 rings (SSSR count). The molecular weight excluding hydrogens is 126 g/mol. The number of methoxy groups -OCH3 is 1. The van der Waals surface area contributed by atoms with Crippen molar-refractivity contribution in [1.29, 1.82) is 0 Å². The lowest BCUT2D eigenvalue weighted by atomic mass is 10.5. The molecule has 44 valence electrons. The predicted molar refractivity (Wildman–Crippen MR) is 39.7 cm³/mol. The van der Waals surface area contributed by atoms with Gasteiger partial charge in [0.25, 0.3) is 0 Å². The Balaban J connectivity index is 2.83. The standard InChI is InChI=1S/C4H12OP2/c1-5-4(7)2-3-6/h4H,2-3,6-7H2,1H3. The zero-order valence-corrected chi connectivity index (χ0v) is 6.86. The van der Waals surface area contributed by atoms with E-state index in [1.165, 1.54) is 0 Å². The van der Waals surface area contributed by atoms with Gasteiger partial charge in [-0.25, -0.2) is 0 Å². The van der Waals surface area contributed by atoms with Crippen molar-refractivity contribution in [3.8, 4) is 0 Å². The van der Waals surface area contributed by atoms with Gasteiger partial charge in [0.1, 0.15) is 0 Å². The number of hydrogen-bond acceptors (Lipinski definition) is 1. The molecule has 0 saturated heterocycles. The van der Waals surface area contributed by atoms with Gasteiger partial charge in [0.15, 0.2) is 0 Å². The molecular formula is C4H12OP2. The molecule has 0 spiro atoms. The van der Waals surface area contributed by atoms with Crippen LogP contribution in [0.2, 0.25) is 0 Å². The van der Waals surface area contributed by atoms with Crippen molar-refractivity contribution in [2.75, 3.05) is 13.3 Å². The highest BCUT2D eigenvalue weighted by atomic mass is 31.0. The maximum atomic E-state index is 4.94. The van der Waals surface area contributed by atoms with Crippen molar-refractivity contribution in [3.05, 3.63) is 0 Å². The van der Waals surface area contributed by atoms with E-state index in [1.807, 2.05) is 0 Å². The van der Waals surface area contributed by atoms with Gasteiger partial charge in [-0.05, 0) is 12.6 Å². The van der Waals surface area contributed by atoms with Crippen LogP contribution in [0.5, 0.6) is 0 Å². The minimum atomic E-state index is 0.345. The molecule has 0 aliphatic carbocycles. The van der Waals surface area contributed by atoms with Gasteiger partial charge in [-0.2, -0.15) is 0 Å². The topological polar surface area (TPSA) is 9.23 Å². The van der Waals surface area contributed by atoms with Gasteiger partial charge < -0.3 is 4.74 Å². The smallest absolute Gasteiger partial charge is 0.0708 e. The Morgan fingerprint density at radius 1 is 1.71 bits per heavy atom. The Labute approximate surface area is 49.6 Å². The third kappa shape index (κ3) is 4.68. The van der Waals surface area contributed by atoms with Crippen molar-refractivity contribution in [2.24, 2.45) is 0 Å². The van der Waals surface area contributed by atoms with Gasteiger partial charge in [0.2, 0.25) is 0 Å². The summed E-state index contributed by atoms with van der Waals surface area (Å²) >= 11 is 0. The van der Waals surface area contributed by atoms with Crippen LogP contribution < -0.4 is 0 Å². The first-order valence-corrected chi connectivity index (χ1v) is 3.78. The van der Waals surface area contributed by atoms with Crippen LogP contribution in [0.1, 0.15) is 6.42 Å². The molecule has 0 saturated carbocycles. The largest absolute Gasteiger partial charge is 0.378 e. The van der Waals surface area contributed by atoms with Gasteiger partial charge in [0.05, 0.1) is 5.85 Å². The highest BCUT2D eigenvalue weighted by Gasteiger charge is 1.92. The lowest BCUT2D eigenvalue weighted by Gasteiger charge is -2.04. The molecule has 1 nitrogen and oxygen atoms in total. The summed E-state index contributed by atoms with van der Waals surface area (Å²) < 4.78 is 4.94. The van der Waals surface area contributed by atoms with Crippen LogP contribution in [-0.2, 0) is 4.74 Å². The lowest BCUT2D eigenvalue weighted by molar-refractivity contribution is 0.170. The average molecular weight is 138 g/mol. The minimum Gasteiger partial charge on any atom is -0.378 e. The quantitative estimate of drug-likeness (QED) is 0.530. The summed E-state index contributed by atoms with van der Waals surface area (Å²) in [6.07, 6.45) is 2.22. The monoisotopic (exact) mass is 138 g/mol. The minimum absolute atomic E-state index is 0.345. The van der Waals surface area contributed by atoms with Crippen molar-refractivity contribution in [2.45, 2.75) is 12.3 Å². The summed E-state index contributed by atoms with van der Waals surface area (Å²) in [5.41, 5.74) is 0. The van der Waals surface area contributed by atoms with Gasteiger partial charge in [-0.3, -0.25) is 0 Å². The molecule has 0 N–H and O–H groups in total. The molecule has 0 aliphatic heterocycles. The molecule has 0 fully saturated rings. The maximum absolute atomic E-state index is 4.94. The third-order valence-corrected chi connectivity index (χ3v) is 1.69. The van der Waals surface area contributed by atoms with E-state index in [1.54, 1.807) is 7.11 Å². The molecule has 7 heavy (non-hydrogen) atoms. The highest BCUT2D eigenvalue weighted by molar-refractivity contribution is 7.18. The predicted octanol–water partition coefficient (Wildman–Crippen LogP) is 1.10. The Hall–Kier alpha value is 0.820. The zero-order valence-electron chi connectivity index (χ0n) is 4.55. The Bertz CT molecular complexity index is 40.7. The fourth-order valence-corrected chi connectivity index (χ4v) is 1.19. The van der Waals surface area contributed by atoms with Gasteiger partial charge in [-0.15, -0.1) is 18.5 Å². The van der Waals surface area contributed by atoms with E-state index in [9.17, 15) is 0 Å². The van der Waals surface area contributed by atoms with E-state index in [2.05, 4.69) is 18.5 Å². The fraction of sp³-hybridized carbons (Fsp3) is 1.00. The molecule has 0 aliphatic rings. The van der Waals surface area contributed by atoms with Gasteiger partial charge >= 0.3 is 0 Å². The van der Waals surface area contributed by atoms with Crippen LogP contribution in [0.4, 0.5) is 0 Å². The molecule has 3 heteroatoms. The molecule has 0 radical (unpaired) electrons. The van der Waals surface area contributed by atoms with Crippen LogP contribution in [0, 0.1) is 0 Å². The molecule has 0 amide bonds. The second kappa shape index (κ2) is 4.97. The summed E-state index contributed by atoms with van der Waals surface area (Å²) in [4.78, 5) is 0. The van der Waals surface area contributed by atoms with Crippen molar-refractivity contribution >= 4 is 18.5 Å². The van der Waals surface area contributed by atoms with Crippen LogP contribution in [0.15, 0.2) is 0 Å². The molecule has 0 aromatic rings. The van der Waals surface area contributed by atoms with Crippen LogP contribution >= 0.6 is 18.5 Å². The van der Waals surface area contributed by atoms with Crippen molar-refractivity contribution in [3.63, 3.8) is 0 Å². The van der Waals surface area contributed by atoms with E-state index >= 15 is 0 Å². The van der Waals surface area contributed by atoms with E-state index < -0.39 is 0 Å². The summed E-state index contributed by atoms with van der Waals surface area (Å²) in [5.74, 6) is 0.345. The fourth-order valence-electron chi connectivity index (χ4n) is 0.282. The molecule has 3 atom stereocenters. The molecule has 0 heterocycles. The van der Waals surface area contributed by atoms with Crippen molar-refractivity contribution in [1.82, 2.24) is 0 Å². The Morgan fingerprint density at radius 2 is 2.29 bits per heavy atom. The van der Waals surface area contributed by atoms with Crippen LogP contribution in [-0.4, -0.2) is 19.1 Å². The SMILES string of the molecule is COC(P)CCP. The Kier molecular flexibility index (Phi) is 5.55. The first-order valence-electron chi connectivity index (χ1n) is 2.29. The van der Waals surface area contributed by atoms with E-state index in [-0.39, 0.29) is 0 Å². The molecule has 0 aromatic heterocycles. The second-order valence-corrected chi connectivity index (χ2v) is 2.67. The summed E-state index contributed by atoms with van der Waals surface area (Å²) in [7, 11) is 7.00. The summed E-state index contributed by atoms with van der Waals surface area (Å²) in [6.45, 7) is 0. The Morgan fingerprint density at radius 3 is 2.43 bits per heavy atom. The molecule has 0 bridgehead atoms. The lowest BCUT2D eigenvalue weighted by Crippen LogP contribution is -1.99. The number of rotatable bonds is 3. The molecule has 3 unspecified atom stereocenters. The maximum Gasteiger partial charge on any atom is 0.0708 e. The normalized spacial score (nSPS) is 14.1. The van der Waals surface area contributed by atoms with Crippen LogP contribution in [0.25, 0.3) is 0 Å². The third-order valence-electron chi connectivity index (χ3n) is 0.754. The number of hydrogen-bond donors (Lipinski definition) is 0.